The Balaban J connectivity index is 2.03. The van der Waals surface area contributed by atoms with Gasteiger partial charge in [-0.1, -0.05) is 43.7 Å². The second-order valence-corrected chi connectivity index (χ2v) is 6.62. The molecular formula is C18H23F3N2O3. The van der Waals surface area contributed by atoms with E-state index in [-0.39, 0.29) is 6.04 Å². The Morgan fingerprint density at radius 3 is 2.42 bits per heavy atom. The van der Waals surface area contributed by atoms with Gasteiger partial charge in [0.05, 0.1) is 11.8 Å². The van der Waals surface area contributed by atoms with Crippen LogP contribution >= 0.6 is 0 Å². The third kappa shape index (κ3) is 5.12. The van der Waals surface area contributed by atoms with Gasteiger partial charge in [0.25, 0.3) is 0 Å². The van der Waals surface area contributed by atoms with Gasteiger partial charge in [-0.3, -0.25) is 4.79 Å². The lowest BCUT2D eigenvalue weighted by atomic mass is 9.96. The molecule has 0 radical (unpaired) electrons. The van der Waals surface area contributed by atoms with Gasteiger partial charge in [-0.15, -0.1) is 0 Å². The van der Waals surface area contributed by atoms with E-state index in [1.165, 1.54) is 0 Å². The topological polar surface area (TPSA) is 69.6 Å². The molecule has 1 unspecified atom stereocenters. The number of alkyl halides is 3. The highest BCUT2D eigenvalue weighted by Crippen LogP contribution is 2.37. The Morgan fingerprint density at radius 1 is 1.27 bits per heavy atom. The van der Waals surface area contributed by atoms with Gasteiger partial charge in [-0.25, -0.2) is 4.79 Å². The summed E-state index contributed by atoms with van der Waals surface area (Å²) in [6.45, 7) is 0.895. The SMILES string of the molecule is CCCC(Cc1ccccc1)NC(=O)N1C[C@@H](C(F)(F)F)[C@H](C(=O)O)C1. The van der Waals surface area contributed by atoms with E-state index in [2.05, 4.69) is 5.32 Å². The van der Waals surface area contributed by atoms with E-state index >= 15 is 0 Å². The number of nitrogens with one attached hydrogen (secondary N) is 1. The molecule has 144 valence electrons. The van der Waals surface area contributed by atoms with Gasteiger partial charge < -0.3 is 15.3 Å². The number of likely N-dealkylation sites (tertiary alicyclic amines) is 1. The lowest BCUT2D eigenvalue weighted by Crippen LogP contribution is -2.45. The maximum absolute atomic E-state index is 13.1. The van der Waals surface area contributed by atoms with Crippen molar-refractivity contribution in [3.63, 3.8) is 0 Å². The highest BCUT2D eigenvalue weighted by molar-refractivity contribution is 5.78. The van der Waals surface area contributed by atoms with Gasteiger partial charge in [-0.2, -0.15) is 13.2 Å². The Hall–Kier alpha value is -2.25. The van der Waals surface area contributed by atoms with Crippen molar-refractivity contribution in [2.24, 2.45) is 11.8 Å². The number of urea groups is 1. The molecule has 0 spiro atoms. The van der Waals surface area contributed by atoms with Crippen LogP contribution in [-0.4, -0.2) is 47.3 Å². The van der Waals surface area contributed by atoms with Crippen molar-refractivity contribution in [2.45, 2.75) is 38.4 Å². The Labute approximate surface area is 150 Å². The van der Waals surface area contributed by atoms with Crippen LogP contribution in [0.5, 0.6) is 0 Å². The highest BCUT2D eigenvalue weighted by Gasteiger charge is 2.53. The van der Waals surface area contributed by atoms with E-state index in [9.17, 15) is 22.8 Å². The second-order valence-electron chi connectivity index (χ2n) is 6.62. The molecule has 0 aromatic heterocycles. The van der Waals surface area contributed by atoms with Crippen molar-refractivity contribution in [3.05, 3.63) is 35.9 Å². The van der Waals surface area contributed by atoms with Crippen molar-refractivity contribution in [1.82, 2.24) is 10.2 Å². The van der Waals surface area contributed by atoms with E-state index in [1.54, 1.807) is 0 Å². The van der Waals surface area contributed by atoms with Crippen molar-refractivity contribution < 1.29 is 27.9 Å². The maximum Gasteiger partial charge on any atom is 0.394 e. The average molecular weight is 372 g/mol. The van der Waals surface area contributed by atoms with Gasteiger partial charge in [-0.05, 0) is 18.4 Å². The lowest BCUT2D eigenvalue weighted by molar-refractivity contribution is -0.187. The summed E-state index contributed by atoms with van der Waals surface area (Å²) in [5.74, 6) is -5.19. The van der Waals surface area contributed by atoms with E-state index in [0.29, 0.717) is 12.8 Å². The summed E-state index contributed by atoms with van der Waals surface area (Å²) >= 11 is 0. The molecule has 1 fully saturated rings. The number of rotatable bonds is 6. The van der Waals surface area contributed by atoms with E-state index < -0.39 is 43.1 Å². The fraction of sp³-hybridized carbons (Fsp3) is 0.556. The van der Waals surface area contributed by atoms with Gasteiger partial charge >= 0.3 is 18.2 Å². The van der Waals surface area contributed by atoms with Crippen LogP contribution in [0.3, 0.4) is 0 Å². The first-order valence-corrected chi connectivity index (χ1v) is 8.61. The predicted octanol–water partition coefficient (Wildman–Crippen LogP) is 3.30. The molecule has 2 N–H and O–H groups in total. The molecule has 8 heteroatoms. The number of nitrogens with zero attached hydrogens (tertiary/aromatic N) is 1. The van der Waals surface area contributed by atoms with Gasteiger partial charge in [0, 0.05) is 19.1 Å². The minimum absolute atomic E-state index is 0.219. The van der Waals surface area contributed by atoms with Crippen LogP contribution in [0, 0.1) is 11.8 Å². The van der Waals surface area contributed by atoms with Crippen molar-refractivity contribution in [2.75, 3.05) is 13.1 Å². The largest absolute Gasteiger partial charge is 0.481 e. The molecule has 0 bridgehead atoms. The molecule has 1 aromatic carbocycles. The number of amides is 2. The van der Waals surface area contributed by atoms with Crippen molar-refractivity contribution in [1.29, 1.82) is 0 Å². The number of carbonyl (C=O) groups excluding carboxylic acids is 1. The Kier molecular flexibility index (Phi) is 6.50. The third-order valence-electron chi connectivity index (χ3n) is 4.63. The molecule has 0 aliphatic carbocycles. The number of hydrogen-bond acceptors (Lipinski definition) is 2. The first-order chi connectivity index (χ1) is 12.2. The summed E-state index contributed by atoms with van der Waals surface area (Å²) in [6, 6.07) is 8.62. The maximum atomic E-state index is 13.1. The fourth-order valence-electron chi connectivity index (χ4n) is 3.29. The van der Waals surface area contributed by atoms with Gasteiger partial charge in [0.2, 0.25) is 0 Å². The number of halogens is 3. The summed E-state index contributed by atoms with van der Waals surface area (Å²) < 4.78 is 39.2. The molecule has 1 aliphatic heterocycles. The van der Waals surface area contributed by atoms with Gasteiger partial charge in [0.1, 0.15) is 0 Å². The van der Waals surface area contributed by atoms with Crippen LogP contribution in [0.2, 0.25) is 0 Å². The standard InChI is InChI=1S/C18H23F3N2O3/c1-2-6-13(9-12-7-4-3-5-8-12)22-17(26)23-10-14(16(24)25)15(11-23)18(19,20)21/h3-5,7-8,13-15H,2,6,9-11H2,1H3,(H,22,26)(H,24,25)/t13?,14-,15-/m1/s1. The van der Waals surface area contributed by atoms with Crippen LogP contribution < -0.4 is 5.32 Å². The summed E-state index contributed by atoms with van der Waals surface area (Å²) in [7, 11) is 0. The molecule has 1 saturated heterocycles. The van der Waals surface area contributed by atoms with E-state index in [4.69, 9.17) is 5.11 Å². The number of aliphatic carboxylic acids is 1. The predicted molar refractivity (Wildman–Crippen MR) is 89.6 cm³/mol. The molecule has 1 aliphatic rings. The zero-order valence-electron chi connectivity index (χ0n) is 14.5. The molecule has 2 amide bonds. The molecule has 3 atom stereocenters. The highest BCUT2D eigenvalue weighted by atomic mass is 19.4. The van der Waals surface area contributed by atoms with Gasteiger partial charge in [0.15, 0.2) is 0 Å². The monoisotopic (exact) mass is 372 g/mol. The number of benzene rings is 1. The zero-order chi connectivity index (χ0) is 19.3. The number of hydrogen-bond donors (Lipinski definition) is 2. The van der Waals surface area contributed by atoms with Crippen molar-refractivity contribution >= 4 is 12.0 Å². The molecule has 26 heavy (non-hydrogen) atoms. The summed E-state index contributed by atoms with van der Waals surface area (Å²) in [5, 5.41) is 11.8. The molecule has 0 saturated carbocycles. The normalized spacial score (nSPS) is 21.5. The third-order valence-corrected chi connectivity index (χ3v) is 4.63. The van der Waals surface area contributed by atoms with E-state index in [0.717, 1.165) is 16.9 Å². The molecule has 1 aromatic rings. The summed E-state index contributed by atoms with van der Waals surface area (Å²) in [5.41, 5.74) is 1.02. The zero-order valence-corrected chi connectivity index (χ0v) is 14.5. The van der Waals surface area contributed by atoms with Crippen molar-refractivity contribution in [3.8, 4) is 0 Å². The minimum atomic E-state index is -4.65. The van der Waals surface area contributed by atoms with Crippen LogP contribution in [-0.2, 0) is 11.2 Å². The molecule has 1 heterocycles. The number of carboxylic acid groups (broad SMARTS) is 1. The quantitative estimate of drug-likeness (QED) is 0.805. The number of carboxylic acids is 1. The summed E-state index contributed by atoms with van der Waals surface area (Å²) in [4.78, 5) is 24.5. The Bertz CT molecular complexity index is 622. The van der Waals surface area contributed by atoms with Crippen LogP contribution in [0.15, 0.2) is 30.3 Å². The molecular weight excluding hydrogens is 349 g/mol. The second kappa shape index (κ2) is 8.42. The first kappa shape index (κ1) is 20.1. The Morgan fingerprint density at radius 2 is 1.92 bits per heavy atom. The summed E-state index contributed by atoms with van der Waals surface area (Å²) in [6.07, 6.45) is -2.59. The smallest absolute Gasteiger partial charge is 0.394 e. The van der Waals surface area contributed by atoms with Crippen LogP contribution in [0.4, 0.5) is 18.0 Å². The van der Waals surface area contributed by atoms with Crippen LogP contribution in [0.25, 0.3) is 0 Å². The average Bonchev–Trinajstić information content (AvgIpc) is 3.02. The minimum Gasteiger partial charge on any atom is -0.481 e. The number of carbonyl (C=O) groups is 2. The lowest BCUT2D eigenvalue weighted by Gasteiger charge is -2.23. The fourth-order valence-corrected chi connectivity index (χ4v) is 3.29. The molecule has 5 nitrogen and oxygen atoms in total. The first-order valence-electron chi connectivity index (χ1n) is 8.61. The van der Waals surface area contributed by atoms with Crippen LogP contribution in [0.1, 0.15) is 25.3 Å². The molecule has 2 rings (SSSR count). The van der Waals surface area contributed by atoms with E-state index in [1.807, 2.05) is 37.3 Å².